The van der Waals surface area contributed by atoms with E-state index in [0.29, 0.717) is 23.5 Å². The third kappa shape index (κ3) is 4.47. The monoisotopic (exact) mass is 505 g/mol. The quantitative estimate of drug-likeness (QED) is 0.327. The zero-order valence-electron chi connectivity index (χ0n) is 20.6. The molecule has 10 nitrogen and oxygen atoms in total. The number of carbonyl (C=O) groups excluding carboxylic acids is 4. The first-order valence-corrected chi connectivity index (χ1v) is 12.5. The number of methoxy groups -OCH3 is 1. The molecule has 1 saturated carbocycles. The molecule has 2 aromatic carbocycles. The first-order chi connectivity index (χ1) is 17.7. The highest BCUT2D eigenvalue weighted by Gasteiger charge is 2.54. The van der Waals surface area contributed by atoms with Crippen molar-refractivity contribution in [2.75, 3.05) is 17.7 Å². The van der Waals surface area contributed by atoms with Gasteiger partial charge in [0.25, 0.3) is 0 Å². The lowest BCUT2D eigenvalue weighted by molar-refractivity contribution is -0.136. The van der Waals surface area contributed by atoms with Crippen LogP contribution in [0.1, 0.15) is 42.7 Å². The van der Waals surface area contributed by atoms with E-state index in [0.717, 1.165) is 24.0 Å². The molecule has 4 amide bonds. The second kappa shape index (κ2) is 9.42. The number of amides is 4. The number of primary amides is 2. The van der Waals surface area contributed by atoms with Crippen molar-refractivity contribution < 1.29 is 23.9 Å². The largest absolute Gasteiger partial charge is 0.496 e. The van der Waals surface area contributed by atoms with Crippen LogP contribution in [0, 0.1) is 11.8 Å². The van der Waals surface area contributed by atoms with Crippen molar-refractivity contribution in [3.05, 3.63) is 53.6 Å². The molecule has 7 N–H and O–H groups in total. The third-order valence-electron chi connectivity index (χ3n) is 7.83. The molecule has 0 spiro atoms. The Bertz CT molecular complexity index is 1280. The molecular weight excluding hydrogens is 474 g/mol. The molecule has 10 heteroatoms. The van der Waals surface area contributed by atoms with Crippen molar-refractivity contribution in [1.29, 1.82) is 0 Å². The summed E-state index contributed by atoms with van der Waals surface area (Å²) >= 11 is 0. The van der Waals surface area contributed by atoms with E-state index in [9.17, 15) is 19.2 Å². The predicted molar refractivity (Wildman–Crippen MR) is 137 cm³/mol. The van der Waals surface area contributed by atoms with Crippen LogP contribution in [0.15, 0.2) is 42.5 Å². The van der Waals surface area contributed by atoms with Gasteiger partial charge in [-0.15, -0.1) is 0 Å². The average molecular weight is 506 g/mol. The van der Waals surface area contributed by atoms with Gasteiger partial charge in [-0.05, 0) is 42.5 Å². The molecule has 0 radical (unpaired) electrons. The highest BCUT2D eigenvalue weighted by Crippen LogP contribution is 2.46. The summed E-state index contributed by atoms with van der Waals surface area (Å²) in [4.78, 5) is 51.9. The smallest absolute Gasteiger partial charge is 0.244 e. The van der Waals surface area contributed by atoms with Gasteiger partial charge in [0, 0.05) is 23.4 Å². The number of para-hydroxylation sites is 1. The summed E-state index contributed by atoms with van der Waals surface area (Å²) < 4.78 is 5.48. The Kier molecular flexibility index (Phi) is 6.26. The lowest BCUT2D eigenvalue weighted by Gasteiger charge is -2.35. The number of rotatable bonds is 10. The number of carbonyl (C=O) groups is 4. The van der Waals surface area contributed by atoms with Crippen LogP contribution in [-0.4, -0.2) is 42.3 Å². The van der Waals surface area contributed by atoms with Crippen LogP contribution in [0.25, 0.3) is 0 Å². The van der Waals surface area contributed by atoms with Crippen molar-refractivity contribution in [2.45, 2.75) is 49.6 Å². The molecule has 2 unspecified atom stereocenters. The van der Waals surface area contributed by atoms with Crippen molar-refractivity contribution >= 4 is 35.0 Å². The molecular formula is C27H31N5O5. The molecule has 1 fully saturated rings. The summed E-state index contributed by atoms with van der Waals surface area (Å²) in [7, 11) is 1.54. The zero-order valence-corrected chi connectivity index (χ0v) is 20.6. The van der Waals surface area contributed by atoms with E-state index in [4.69, 9.17) is 16.2 Å². The van der Waals surface area contributed by atoms with E-state index < -0.39 is 41.1 Å². The average Bonchev–Trinajstić information content (AvgIpc) is 3.52. The Morgan fingerprint density at radius 1 is 1.08 bits per heavy atom. The highest BCUT2D eigenvalue weighted by atomic mass is 16.5. The number of hydrogen-bond donors (Lipinski definition) is 5. The predicted octanol–water partition coefficient (Wildman–Crippen LogP) is 1.40. The maximum atomic E-state index is 13.8. The van der Waals surface area contributed by atoms with Gasteiger partial charge in [0.15, 0.2) is 0 Å². The fourth-order valence-electron chi connectivity index (χ4n) is 5.63. The molecule has 1 aliphatic carbocycles. The number of anilines is 2. The highest BCUT2D eigenvalue weighted by molar-refractivity contribution is 6.03. The molecule has 194 valence electrons. The minimum atomic E-state index is -1.40. The number of fused-ring (bicyclic) bond motifs is 2. The second-order valence-electron chi connectivity index (χ2n) is 10.2. The van der Waals surface area contributed by atoms with Gasteiger partial charge in [0.05, 0.1) is 18.9 Å². The van der Waals surface area contributed by atoms with E-state index in [1.54, 1.807) is 25.3 Å². The number of nitrogens with two attached hydrogens (primary N) is 2. The lowest BCUT2D eigenvalue weighted by atomic mass is 9.76. The molecule has 0 bridgehead atoms. The maximum absolute atomic E-state index is 13.8. The van der Waals surface area contributed by atoms with Gasteiger partial charge >= 0.3 is 0 Å². The number of ether oxygens (including phenoxy) is 1. The van der Waals surface area contributed by atoms with Gasteiger partial charge in [-0.1, -0.05) is 37.1 Å². The zero-order chi connectivity index (χ0) is 26.3. The first kappa shape index (κ1) is 24.6. The summed E-state index contributed by atoms with van der Waals surface area (Å²) in [5, 5.41) is 8.81. The molecule has 2 heterocycles. The Hall–Kier alpha value is -4.08. The Morgan fingerprint density at radius 2 is 1.81 bits per heavy atom. The SMILES string of the molecule is COc1cccc2c1C[C@@](C(N)=O)(C(CC1CC1)C(=O)N[C@@H](CC1C(=O)Nc3ccccc31)C(N)=O)N2. The second-order valence-corrected chi connectivity index (χ2v) is 10.2. The molecule has 0 saturated heterocycles. The van der Waals surface area contributed by atoms with Gasteiger partial charge in [0.1, 0.15) is 17.3 Å². The van der Waals surface area contributed by atoms with Crippen molar-refractivity contribution in [1.82, 2.24) is 5.32 Å². The van der Waals surface area contributed by atoms with Crippen molar-refractivity contribution in [2.24, 2.45) is 23.3 Å². The number of hydrogen-bond acceptors (Lipinski definition) is 6. The van der Waals surface area contributed by atoms with Crippen LogP contribution >= 0.6 is 0 Å². The molecule has 5 rings (SSSR count). The Morgan fingerprint density at radius 3 is 2.49 bits per heavy atom. The van der Waals surface area contributed by atoms with Crippen molar-refractivity contribution in [3.63, 3.8) is 0 Å². The van der Waals surface area contributed by atoms with E-state index >= 15 is 0 Å². The van der Waals surface area contributed by atoms with Crippen LogP contribution < -0.4 is 32.2 Å². The lowest BCUT2D eigenvalue weighted by Crippen LogP contribution is -2.61. The molecule has 3 aliphatic rings. The van der Waals surface area contributed by atoms with Gasteiger partial charge in [-0.2, -0.15) is 0 Å². The topological polar surface area (TPSA) is 166 Å². The summed E-state index contributed by atoms with van der Waals surface area (Å²) in [5.74, 6) is -2.80. The normalized spacial score (nSPS) is 23.2. The van der Waals surface area contributed by atoms with Gasteiger partial charge in [-0.3, -0.25) is 19.2 Å². The summed E-state index contributed by atoms with van der Waals surface area (Å²) in [6.07, 6.45) is 2.51. The van der Waals surface area contributed by atoms with Crippen LogP contribution in [0.5, 0.6) is 5.75 Å². The first-order valence-electron chi connectivity index (χ1n) is 12.5. The van der Waals surface area contributed by atoms with Gasteiger partial charge in [0.2, 0.25) is 23.6 Å². The van der Waals surface area contributed by atoms with Gasteiger partial charge < -0.3 is 32.2 Å². The van der Waals surface area contributed by atoms with Gasteiger partial charge in [-0.25, -0.2) is 0 Å². The Labute approximate surface area is 214 Å². The molecule has 37 heavy (non-hydrogen) atoms. The summed E-state index contributed by atoms with van der Waals surface area (Å²) in [6, 6.07) is 11.5. The fourth-order valence-corrected chi connectivity index (χ4v) is 5.63. The standard InChI is InChI=1S/C27H31N5O5/c1-37-22-8-4-7-20-17(22)13-27(32-20,26(29)36)18(11-14-9-10-14)25(35)31-21(23(28)33)12-16-15-5-2-3-6-19(15)30-24(16)34/h2-8,14,16,18,21,32H,9-13H2,1H3,(H2,28,33)(H2,29,36)(H,30,34)(H,31,35)/t16?,18?,21-,27-/m0/s1. The summed E-state index contributed by atoms with van der Waals surface area (Å²) in [5.41, 5.74) is 13.1. The minimum Gasteiger partial charge on any atom is -0.496 e. The molecule has 2 aliphatic heterocycles. The maximum Gasteiger partial charge on any atom is 0.244 e. The van der Waals surface area contributed by atoms with Crippen LogP contribution in [0.2, 0.25) is 0 Å². The minimum absolute atomic E-state index is 0.00508. The Balaban J connectivity index is 1.42. The molecule has 0 aromatic heterocycles. The van der Waals surface area contributed by atoms with Crippen molar-refractivity contribution in [3.8, 4) is 5.75 Å². The number of benzene rings is 2. The van der Waals surface area contributed by atoms with Crippen LogP contribution in [0.4, 0.5) is 11.4 Å². The molecule has 2 aromatic rings. The number of nitrogens with one attached hydrogen (secondary N) is 3. The summed E-state index contributed by atoms with van der Waals surface area (Å²) in [6.45, 7) is 0. The van der Waals surface area contributed by atoms with E-state index in [1.807, 2.05) is 24.3 Å². The van der Waals surface area contributed by atoms with E-state index in [-0.39, 0.29) is 24.7 Å². The fraction of sp³-hybridized carbons (Fsp3) is 0.407. The van der Waals surface area contributed by atoms with Crippen LogP contribution in [0.3, 0.4) is 0 Å². The third-order valence-corrected chi connectivity index (χ3v) is 7.83. The van der Waals surface area contributed by atoms with E-state index in [2.05, 4.69) is 16.0 Å². The van der Waals surface area contributed by atoms with Crippen LogP contribution in [-0.2, 0) is 25.6 Å². The van der Waals surface area contributed by atoms with E-state index in [1.165, 1.54) is 0 Å². The molecule has 4 atom stereocenters.